The summed E-state index contributed by atoms with van der Waals surface area (Å²) < 4.78 is 0. The molecule has 0 amide bonds. The maximum Gasteiger partial charge on any atom is 0.214 e. The van der Waals surface area contributed by atoms with Crippen molar-refractivity contribution in [3.05, 3.63) is 303 Å². The zero-order valence-electron chi connectivity index (χ0n) is 37.1. The van der Waals surface area contributed by atoms with Crippen LogP contribution in [0.25, 0.3) is 0 Å². The predicted molar refractivity (Wildman–Crippen MR) is 301 cm³/mol. The topological polar surface area (TPSA) is 0 Å². The fourth-order valence-electron chi connectivity index (χ4n) is 11.8. The fourth-order valence-corrected chi connectivity index (χ4v) is 133. The summed E-state index contributed by atoms with van der Waals surface area (Å²) in [5.41, 5.74) is 0. The molecule has 10 aromatic carbocycles. The summed E-state index contributed by atoms with van der Waals surface area (Å²) in [6.45, 7) is -7.50. The molecule has 0 unspecified atom stereocenters. The van der Waals surface area contributed by atoms with Gasteiger partial charge in [0.15, 0.2) is 0 Å². The van der Waals surface area contributed by atoms with Gasteiger partial charge in [0.2, 0.25) is 13.8 Å². The van der Waals surface area contributed by atoms with Crippen molar-refractivity contribution < 1.29 is 0 Å². The molecule has 10 rings (SSSR count). The molecule has 0 spiro atoms. The summed E-state index contributed by atoms with van der Waals surface area (Å²) in [4.78, 5) is 0. The van der Waals surface area contributed by atoms with Crippen LogP contribution in [-0.2, 0) is 0 Å². The largest absolute Gasteiger partial charge is 0.214 e. The Morgan fingerprint density at radius 3 is 0.418 bits per heavy atom. The number of benzene rings is 10. The van der Waals surface area contributed by atoms with Gasteiger partial charge in [0.1, 0.15) is 21.3 Å². The number of rotatable bonds is 14. The summed E-state index contributed by atoms with van der Waals surface area (Å²) in [7, 11) is -11.7. The summed E-state index contributed by atoms with van der Waals surface area (Å²) in [6, 6.07) is 115. The van der Waals surface area contributed by atoms with Gasteiger partial charge in [-0.2, -0.15) is 22.2 Å². The lowest BCUT2D eigenvalue weighted by Crippen LogP contribution is -3.10. The molecule has 0 aromatic heterocycles. The van der Waals surface area contributed by atoms with Gasteiger partial charge < -0.3 is 0 Å². The Morgan fingerprint density at radius 1 is 0.149 bits per heavy atom. The normalized spacial score (nSPS) is 12.3. The molecular formula is C60H50Cl2Si5. The Labute approximate surface area is 409 Å². The van der Waals surface area contributed by atoms with E-state index in [-0.39, 0.29) is 0 Å². The monoisotopic (exact) mass is 980 g/mol. The van der Waals surface area contributed by atoms with E-state index in [1.807, 2.05) is 0 Å². The van der Waals surface area contributed by atoms with Crippen molar-refractivity contribution >= 4 is 109 Å². The van der Waals surface area contributed by atoms with Gasteiger partial charge in [0.05, 0.1) is 0 Å². The first-order valence-electron chi connectivity index (χ1n) is 23.0. The van der Waals surface area contributed by atoms with Gasteiger partial charge in [-0.05, 0) is 20.7 Å². The van der Waals surface area contributed by atoms with Crippen LogP contribution in [0.3, 0.4) is 0 Å². The van der Waals surface area contributed by atoms with E-state index in [2.05, 4.69) is 303 Å². The van der Waals surface area contributed by atoms with Gasteiger partial charge in [-0.15, -0.1) is 0 Å². The number of hydrogen-bond donors (Lipinski definition) is 0. The van der Waals surface area contributed by atoms with Crippen LogP contribution in [0.5, 0.6) is 0 Å². The van der Waals surface area contributed by atoms with Crippen LogP contribution in [-0.4, -0.2) is 35.1 Å². The Kier molecular flexibility index (Phi) is 12.8. The average molecular weight is 982 g/mol. The maximum absolute atomic E-state index is 9.82. The molecule has 0 saturated carbocycles. The van der Waals surface area contributed by atoms with E-state index in [1.54, 1.807) is 0 Å². The summed E-state index contributed by atoms with van der Waals surface area (Å²) in [5.74, 6) is 0. The minimum Gasteiger partial charge on any atom is -0.158 e. The highest BCUT2D eigenvalue weighted by molar-refractivity contribution is 8.12. The minimum atomic E-state index is -3.94. The van der Waals surface area contributed by atoms with Crippen LogP contribution < -0.4 is 51.9 Å². The van der Waals surface area contributed by atoms with E-state index in [0.717, 1.165) is 0 Å². The minimum absolute atomic E-state index is 1.20. The molecule has 67 heavy (non-hydrogen) atoms. The van der Waals surface area contributed by atoms with E-state index in [1.165, 1.54) is 51.9 Å². The van der Waals surface area contributed by atoms with Gasteiger partial charge >= 0.3 is 0 Å². The first-order chi connectivity index (χ1) is 33.1. The smallest absolute Gasteiger partial charge is 0.158 e. The molecule has 10 aromatic rings. The van der Waals surface area contributed by atoms with Crippen molar-refractivity contribution in [2.24, 2.45) is 0 Å². The molecule has 0 fully saturated rings. The van der Waals surface area contributed by atoms with Crippen molar-refractivity contribution in [1.29, 1.82) is 0 Å². The summed E-state index contributed by atoms with van der Waals surface area (Å²) >= 11 is 19.6. The molecular weight excluding hydrogens is 932 g/mol. The fraction of sp³-hybridized carbons (Fsp3) is 0. The quantitative estimate of drug-likeness (QED) is 0.0765. The molecule has 0 aliphatic rings. The lowest BCUT2D eigenvalue weighted by Gasteiger charge is -2.65. The Hall–Kier alpha value is -6.14. The highest BCUT2D eigenvalue weighted by Gasteiger charge is 2.83. The lowest BCUT2D eigenvalue weighted by atomic mass is 10.4. The second-order valence-electron chi connectivity index (χ2n) is 17.2. The van der Waals surface area contributed by atoms with Crippen LogP contribution in [0.1, 0.15) is 0 Å². The van der Waals surface area contributed by atoms with Crippen LogP contribution in [0, 0.1) is 0 Å². The molecule has 0 bridgehead atoms. The third-order valence-electron chi connectivity index (χ3n) is 14.1. The van der Waals surface area contributed by atoms with Gasteiger partial charge in [-0.25, -0.2) is 0 Å². The molecule has 324 valence electrons. The molecule has 0 atom stereocenters. The van der Waals surface area contributed by atoms with Crippen molar-refractivity contribution in [2.45, 2.75) is 0 Å². The van der Waals surface area contributed by atoms with Crippen LogP contribution in [0.15, 0.2) is 303 Å². The standard InChI is InChI=1S/C60H50Cl2Si5/c61-63(51-31-11-1-12-32-51,52-33-13-2-14-34-52)65(55-39-19-5-20-40-55,56-41-21-6-22-42-56)67(59-47-27-9-28-48-59,60-49-29-10-30-50-60)66(57-43-23-7-24-44-57,58-45-25-8-26-46-58)64(62,53-35-15-3-16-36-53)54-37-17-4-18-38-54/h1-50H. The van der Waals surface area contributed by atoms with Crippen LogP contribution in [0.4, 0.5) is 0 Å². The van der Waals surface area contributed by atoms with Gasteiger partial charge in [0.25, 0.3) is 0 Å². The van der Waals surface area contributed by atoms with Crippen LogP contribution in [0.2, 0.25) is 0 Å². The van der Waals surface area contributed by atoms with E-state index < -0.39 is 35.1 Å². The van der Waals surface area contributed by atoms with E-state index in [4.69, 9.17) is 0 Å². The van der Waals surface area contributed by atoms with E-state index >= 15 is 0 Å². The third-order valence-corrected chi connectivity index (χ3v) is 92.2. The molecule has 0 heterocycles. The van der Waals surface area contributed by atoms with Crippen molar-refractivity contribution in [3.8, 4) is 0 Å². The third kappa shape index (κ3) is 6.95. The summed E-state index contributed by atoms with van der Waals surface area (Å²) in [5, 5.41) is 12.8. The van der Waals surface area contributed by atoms with Crippen molar-refractivity contribution in [2.75, 3.05) is 0 Å². The second kappa shape index (κ2) is 19.2. The number of halogens is 2. The van der Waals surface area contributed by atoms with E-state index in [0.29, 0.717) is 0 Å². The SMILES string of the molecule is Cl[Si](c1ccccc1)(c1ccccc1)[Si](c1ccccc1)(c1ccccc1)[Si](c1ccccc1)(c1ccccc1)[Si](c1ccccc1)(c1ccccc1)[Si](Cl)(c1ccccc1)c1ccccc1. The highest BCUT2D eigenvalue weighted by Crippen LogP contribution is 2.42. The molecule has 0 saturated heterocycles. The predicted octanol–water partition coefficient (Wildman–Crippen LogP) is 8.09. The zero-order valence-corrected chi connectivity index (χ0v) is 43.6. The first-order valence-corrected chi connectivity index (χ1v) is 39.0. The lowest BCUT2D eigenvalue weighted by molar-refractivity contribution is 1.68. The molecule has 0 N–H and O–H groups in total. The average Bonchev–Trinajstić information content (AvgIpc) is 3.43. The summed E-state index contributed by atoms with van der Waals surface area (Å²) in [6.07, 6.45) is 0. The molecule has 7 heteroatoms. The molecule has 0 aliphatic carbocycles. The highest BCUT2D eigenvalue weighted by atomic mass is 35.6. The Morgan fingerprint density at radius 2 is 0.269 bits per heavy atom. The van der Waals surface area contributed by atoms with Crippen molar-refractivity contribution in [3.63, 3.8) is 0 Å². The Balaban J connectivity index is 1.66. The second-order valence-corrected chi connectivity index (χ2v) is 57.9. The van der Waals surface area contributed by atoms with Crippen LogP contribution >= 0.6 is 22.2 Å². The van der Waals surface area contributed by atoms with Crippen molar-refractivity contribution in [1.82, 2.24) is 0 Å². The van der Waals surface area contributed by atoms with Gasteiger partial charge in [-0.1, -0.05) is 334 Å². The number of hydrogen-bond acceptors (Lipinski definition) is 0. The maximum atomic E-state index is 9.82. The zero-order chi connectivity index (χ0) is 45.6. The first kappa shape index (κ1) is 44.7. The van der Waals surface area contributed by atoms with Gasteiger partial charge in [0, 0.05) is 0 Å². The molecule has 0 nitrogen and oxygen atoms in total. The molecule has 0 aliphatic heterocycles. The Bertz CT molecular complexity index is 2740. The van der Waals surface area contributed by atoms with Gasteiger partial charge in [-0.3, -0.25) is 0 Å². The van der Waals surface area contributed by atoms with E-state index in [9.17, 15) is 22.2 Å². The molecule has 0 radical (unpaired) electrons.